The molecule has 1 atom stereocenters. The van der Waals surface area contributed by atoms with Crippen LogP contribution >= 0.6 is 0 Å². The zero-order chi connectivity index (χ0) is 9.97. The number of hydrogen-bond acceptors (Lipinski definition) is 4. The maximum atomic E-state index is 11.1. The minimum atomic E-state index is -0.190. The molecule has 0 aromatic heterocycles. The largest absolute Gasteiger partial charge is 0.369 e. The van der Waals surface area contributed by atoms with Crippen LogP contribution < -0.4 is 11.1 Å². The van der Waals surface area contributed by atoms with Crippen molar-refractivity contribution in [3.8, 4) is 0 Å². The highest BCUT2D eigenvalue weighted by Crippen LogP contribution is 2.14. The summed E-state index contributed by atoms with van der Waals surface area (Å²) < 4.78 is 0. The monoisotopic (exact) mass is 198 g/mol. The fourth-order valence-electron chi connectivity index (χ4n) is 2.13. The van der Waals surface area contributed by atoms with Crippen LogP contribution in [0, 0.1) is 5.92 Å². The number of fused-ring (bicyclic) bond motifs is 1. The maximum absolute atomic E-state index is 11.1. The lowest BCUT2D eigenvalue weighted by molar-refractivity contribution is -0.124. The Morgan fingerprint density at radius 2 is 2.00 bits per heavy atom. The van der Waals surface area contributed by atoms with E-state index in [1.807, 2.05) is 0 Å². The van der Waals surface area contributed by atoms with E-state index in [2.05, 4.69) is 15.3 Å². The number of hydrogen-bond donors (Lipinski definition) is 2. The number of rotatable bonds is 1. The number of carbonyl (C=O) groups excluding carboxylic acids is 1. The summed E-state index contributed by atoms with van der Waals surface area (Å²) in [5, 5.41) is 7.81. The lowest BCUT2D eigenvalue weighted by Crippen LogP contribution is -2.49. The SMILES string of the molecule is NC(=O)C1CNCN2CCCCN2C1. The first-order valence-corrected chi connectivity index (χ1v) is 5.27. The summed E-state index contributed by atoms with van der Waals surface area (Å²) in [6.45, 7) is 4.50. The van der Waals surface area contributed by atoms with E-state index in [9.17, 15) is 4.79 Å². The molecule has 0 aromatic carbocycles. The van der Waals surface area contributed by atoms with Gasteiger partial charge in [0.05, 0.1) is 12.6 Å². The average Bonchev–Trinajstić information content (AvgIpc) is 2.39. The molecule has 2 fully saturated rings. The minimum Gasteiger partial charge on any atom is -0.369 e. The fraction of sp³-hybridized carbons (Fsp3) is 0.889. The Balaban J connectivity index is 2.00. The third-order valence-corrected chi connectivity index (χ3v) is 3.00. The Hall–Kier alpha value is -0.650. The number of nitrogens with two attached hydrogens (primary N) is 1. The van der Waals surface area contributed by atoms with Gasteiger partial charge in [-0.05, 0) is 12.8 Å². The quantitative estimate of drug-likeness (QED) is 0.565. The van der Waals surface area contributed by atoms with Crippen LogP contribution in [-0.2, 0) is 4.79 Å². The summed E-state index contributed by atoms with van der Waals surface area (Å²) in [6, 6.07) is 0. The Bertz CT molecular complexity index is 221. The predicted octanol–water partition coefficient (Wildman–Crippen LogP) is -1.04. The van der Waals surface area contributed by atoms with Gasteiger partial charge in [0.2, 0.25) is 5.91 Å². The van der Waals surface area contributed by atoms with E-state index in [0.29, 0.717) is 6.54 Å². The molecule has 0 saturated carbocycles. The van der Waals surface area contributed by atoms with Gasteiger partial charge in [-0.1, -0.05) is 0 Å². The van der Waals surface area contributed by atoms with Crippen molar-refractivity contribution in [1.29, 1.82) is 0 Å². The first-order valence-electron chi connectivity index (χ1n) is 5.27. The van der Waals surface area contributed by atoms with Crippen LogP contribution in [0.4, 0.5) is 0 Å². The molecular weight excluding hydrogens is 180 g/mol. The van der Waals surface area contributed by atoms with E-state index in [1.54, 1.807) is 0 Å². The summed E-state index contributed by atoms with van der Waals surface area (Å²) in [5.74, 6) is -0.233. The number of nitrogens with zero attached hydrogens (tertiary/aromatic N) is 2. The second-order valence-corrected chi connectivity index (χ2v) is 4.06. The van der Waals surface area contributed by atoms with Crippen molar-refractivity contribution in [3.63, 3.8) is 0 Å². The van der Waals surface area contributed by atoms with Crippen molar-refractivity contribution < 1.29 is 4.79 Å². The molecule has 1 amide bonds. The van der Waals surface area contributed by atoms with Gasteiger partial charge in [-0.25, -0.2) is 10.0 Å². The number of primary amides is 1. The summed E-state index contributed by atoms with van der Waals surface area (Å²) in [4.78, 5) is 11.1. The van der Waals surface area contributed by atoms with Crippen LogP contribution in [-0.4, -0.2) is 48.8 Å². The highest BCUT2D eigenvalue weighted by atomic mass is 16.1. The lowest BCUT2D eigenvalue weighted by Gasteiger charge is -2.37. The predicted molar refractivity (Wildman–Crippen MR) is 53.1 cm³/mol. The van der Waals surface area contributed by atoms with Crippen molar-refractivity contribution in [2.75, 3.05) is 32.8 Å². The van der Waals surface area contributed by atoms with E-state index in [1.165, 1.54) is 12.8 Å². The topological polar surface area (TPSA) is 61.6 Å². The average molecular weight is 198 g/mol. The fourth-order valence-corrected chi connectivity index (χ4v) is 2.13. The van der Waals surface area contributed by atoms with Crippen molar-refractivity contribution in [2.45, 2.75) is 12.8 Å². The molecule has 2 saturated heterocycles. The van der Waals surface area contributed by atoms with Gasteiger partial charge in [-0.2, -0.15) is 0 Å². The number of amides is 1. The smallest absolute Gasteiger partial charge is 0.223 e. The molecule has 5 nitrogen and oxygen atoms in total. The molecule has 3 N–H and O–H groups in total. The molecule has 14 heavy (non-hydrogen) atoms. The minimum absolute atomic E-state index is 0.0434. The van der Waals surface area contributed by atoms with Crippen LogP contribution in [0.25, 0.3) is 0 Å². The molecule has 0 aromatic rings. The molecular formula is C9H18N4O. The van der Waals surface area contributed by atoms with Crippen molar-refractivity contribution in [2.24, 2.45) is 11.7 Å². The molecule has 1 unspecified atom stereocenters. The molecule has 0 radical (unpaired) electrons. The first kappa shape index (κ1) is 9.89. The van der Waals surface area contributed by atoms with Crippen LogP contribution in [0.3, 0.4) is 0 Å². The molecule has 2 aliphatic heterocycles. The van der Waals surface area contributed by atoms with Gasteiger partial charge in [0.1, 0.15) is 0 Å². The zero-order valence-electron chi connectivity index (χ0n) is 8.41. The Morgan fingerprint density at radius 3 is 2.71 bits per heavy atom. The summed E-state index contributed by atoms with van der Waals surface area (Å²) >= 11 is 0. The summed E-state index contributed by atoms with van der Waals surface area (Å²) in [5.41, 5.74) is 5.33. The van der Waals surface area contributed by atoms with E-state index in [0.717, 1.165) is 26.3 Å². The Kier molecular flexibility index (Phi) is 3.00. The Labute approximate surface area is 84.2 Å². The lowest BCUT2D eigenvalue weighted by atomic mass is 10.1. The highest BCUT2D eigenvalue weighted by molar-refractivity contribution is 5.77. The van der Waals surface area contributed by atoms with Gasteiger partial charge in [0.25, 0.3) is 0 Å². The van der Waals surface area contributed by atoms with Crippen LogP contribution in [0.15, 0.2) is 0 Å². The first-order chi connectivity index (χ1) is 6.77. The zero-order valence-corrected chi connectivity index (χ0v) is 8.41. The van der Waals surface area contributed by atoms with E-state index in [4.69, 9.17) is 5.73 Å². The van der Waals surface area contributed by atoms with Gasteiger partial charge < -0.3 is 11.1 Å². The van der Waals surface area contributed by atoms with E-state index < -0.39 is 0 Å². The molecule has 80 valence electrons. The molecule has 0 aliphatic carbocycles. The van der Waals surface area contributed by atoms with Gasteiger partial charge in [0, 0.05) is 26.2 Å². The van der Waals surface area contributed by atoms with Gasteiger partial charge >= 0.3 is 0 Å². The van der Waals surface area contributed by atoms with Crippen LogP contribution in [0.5, 0.6) is 0 Å². The van der Waals surface area contributed by atoms with Crippen LogP contribution in [0.2, 0.25) is 0 Å². The van der Waals surface area contributed by atoms with E-state index in [-0.39, 0.29) is 11.8 Å². The highest BCUT2D eigenvalue weighted by Gasteiger charge is 2.28. The number of nitrogens with one attached hydrogen (secondary N) is 1. The van der Waals surface area contributed by atoms with Crippen molar-refractivity contribution in [1.82, 2.24) is 15.3 Å². The standard InChI is InChI=1S/C9H18N4O/c10-9(14)8-5-11-7-13-4-2-1-3-12(13)6-8/h8,11H,1-7H2,(H2,10,14). The maximum Gasteiger partial charge on any atom is 0.223 e. The van der Waals surface area contributed by atoms with Crippen molar-refractivity contribution in [3.05, 3.63) is 0 Å². The number of hydrazine groups is 1. The molecule has 0 spiro atoms. The third-order valence-electron chi connectivity index (χ3n) is 3.00. The second-order valence-electron chi connectivity index (χ2n) is 4.06. The summed E-state index contributed by atoms with van der Waals surface area (Å²) in [6.07, 6.45) is 2.47. The second kappa shape index (κ2) is 4.25. The Morgan fingerprint density at radius 1 is 1.29 bits per heavy atom. The normalized spacial score (nSPS) is 30.7. The summed E-state index contributed by atoms with van der Waals surface area (Å²) in [7, 11) is 0. The van der Waals surface area contributed by atoms with E-state index >= 15 is 0 Å². The number of carbonyl (C=O) groups is 1. The van der Waals surface area contributed by atoms with Gasteiger partial charge in [0.15, 0.2) is 0 Å². The third kappa shape index (κ3) is 2.05. The molecule has 2 heterocycles. The molecule has 2 aliphatic rings. The van der Waals surface area contributed by atoms with Crippen LogP contribution in [0.1, 0.15) is 12.8 Å². The van der Waals surface area contributed by atoms with Gasteiger partial charge in [-0.15, -0.1) is 0 Å². The van der Waals surface area contributed by atoms with Crippen molar-refractivity contribution >= 4 is 5.91 Å². The molecule has 0 bridgehead atoms. The molecule has 2 rings (SSSR count). The van der Waals surface area contributed by atoms with Gasteiger partial charge in [-0.3, -0.25) is 4.79 Å². The molecule has 5 heteroatoms.